The summed E-state index contributed by atoms with van der Waals surface area (Å²) in [6.45, 7) is 5.47. The second-order valence-electron chi connectivity index (χ2n) is 8.89. The standard InChI is InChI=1S/C25H26FN3O6/c1-25(2,3)35-23(31)28(4)15-13-21-27-14-16-29(21,24(32)33)19-9-11-20(12-10-19)34-22(30)17-5-7-18(26)8-6-17/h5-12,14,16H,13,15H2,1-4H3/p+1. The Kier molecular flexibility index (Phi) is 7.35. The molecule has 3 rings (SSSR count). The number of amides is 2. The van der Waals surface area contributed by atoms with Crippen molar-refractivity contribution in [2.24, 2.45) is 4.99 Å². The van der Waals surface area contributed by atoms with Gasteiger partial charge in [-0.25, -0.2) is 19.0 Å². The normalized spacial score (nSPS) is 17.0. The van der Waals surface area contributed by atoms with E-state index in [0.29, 0.717) is 11.5 Å². The lowest BCUT2D eigenvalue weighted by molar-refractivity contribution is 0.0302. The van der Waals surface area contributed by atoms with E-state index in [1.807, 2.05) is 0 Å². The van der Waals surface area contributed by atoms with E-state index in [4.69, 9.17) is 9.47 Å². The van der Waals surface area contributed by atoms with Crippen LogP contribution < -0.4 is 9.22 Å². The maximum atomic E-state index is 13.1. The molecule has 0 saturated heterocycles. The van der Waals surface area contributed by atoms with E-state index in [9.17, 15) is 23.9 Å². The number of benzene rings is 2. The van der Waals surface area contributed by atoms with E-state index in [1.54, 1.807) is 27.8 Å². The van der Waals surface area contributed by atoms with Gasteiger partial charge in [0.2, 0.25) is 5.84 Å². The quantitative estimate of drug-likeness (QED) is 0.345. The molecule has 35 heavy (non-hydrogen) atoms. The van der Waals surface area contributed by atoms with Crippen LogP contribution in [0.2, 0.25) is 0 Å². The fourth-order valence-electron chi connectivity index (χ4n) is 3.36. The molecular formula is C25H27FN3O6+. The predicted molar refractivity (Wildman–Crippen MR) is 128 cm³/mol. The molecule has 0 saturated carbocycles. The molecule has 2 aromatic rings. The lowest BCUT2D eigenvalue weighted by Crippen LogP contribution is -2.52. The molecule has 1 unspecified atom stereocenters. The summed E-state index contributed by atoms with van der Waals surface area (Å²) in [7, 11) is 1.57. The van der Waals surface area contributed by atoms with Crippen molar-refractivity contribution >= 4 is 29.7 Å². The number of carbonyl (C=O) groups excluding carboxylic acids is 2. The summed E-state index contributed by atoms with van der Waals surface area (Å²) in [5.74, 6) is -0.655. The zero-order valence-electron chi connectivity index (χ0n) is 19.9. The van der Waals surface area contributed by atoms with E-state index in [-0.39, 0.29) is 24.3 Å². The summed E-state index contributed by atoms with van der Waals surface area (Å²) in [4.78, 5) is 42.5. The van der Waals surface area contributed by atoms with Crippen LogP contribution in [0.3, 0.4) is 0 Å². The Morgan fingerprint density at radius 3 is 2.26 bits per heavy atom. The van der Waals surface area contributed by atoms with E-state index in [0.717, 1.165) is 12.1 Å². The van der Waals surface area contributed by atoms with Gasteiger partial charge in [0.05, 0.1) is 18.2 Å². The van der Waals surface area contributed by atoms with E-state index >= 15 is 0 Å². The summed E-state index contributed by atoms with van der Waals surface area (Å²) in [6, 6.07) is 10.9. The third-order valence-electron chi connectivity index (χ3n) is 5.13. The fourth-order valence-corrected chi connectivity index (χ4v) is 3.36. The monoisotopic (exact) mass is 484 g/mol. The number of esters is 1. The highest BCUT2D eigenvalue weighted by Crippen LogP contribution is 2.32. The first-order chi connectivity index (χ1) is 16.4. The maximum absolute atomic E-state index is 13.1. The molecule has 2 aromatic carbocycles. The van der Waals surface area contributed by atoms with Gasteiger partial charge >= 0.3 is 18.2 Å². The van der Waals surface area contributed by atoms with Gasteiger partial charge in [-0.2, -0.15) is 4.79 Å². The lowest BCUT2D eigenvalue weighted by atomic mass is 10.2. The van der Waals surface area contributed by atoms with Gasteiger partial charge in [-0.3, -0.25) is 0 Å². The van der Waals surface area contributed by atoms with Crippen molar-refractivity contribution < 1.29 is 33.4 Å². The molecule has 9 nitrogen and oxygen atoms in total. The molecule has 10 heteroatoms. The Balaban J connectivity index is 1.74. The summed E-state index contributed by atoms with van der Waals surface area (Å²) >= 11 is 0. The summed E-state index contributed by atoms with van der Waals surface area (Å²) in [5, 5.41) is 10.1. The SMILES string of the molecule is CN(CCC1=NC=C[N+]1(C(=O)O)c1ccc(OC(=O)c2ccc(F)cc2)cc1)C(=O)OC(C)(C)C. The molecule has 184 valence electrons. The van der Waals surface area contributed by atoms with Crippen molar-refractivity contribution in [2.75, 3.05) is 13.6 Å². The van der Waals surface area contributed by atoms with Crippen LogP contribution in [-0.2, 0) is 4.74 Å². The first-order valence-corrected chi connectivity index (χ1v) is 10.8. The molecule has 1 N–H and O–H groups in total. The lowest BCUT2D eigenvalue weighted by Gasteiger charge is -2.28. The Morgan fingerprint density at radius 1 is 1.06 bits per heavy atom. The number of carboxylic acid groups (broad SMARTS) is 1. The van der Waals surface area contributed by atoms with Crippen LogP contribution >= 0.6 is 0 Å². The van der Waals surface area contributed by atoms with Crippen LogP contribution in [0.25, 0.3) is 0 Å². The highest BCUT2D eigenvalue weighted by molar-refractivity contribution is 6.11. The van der Waals surface area contributed by atoms with Crippen LogP contribution in [0.4, 0.5) is 19.7 Å². The molecule has 1 atom stereocenters. The number of hydrogen-bond acceptors (Lipinski definition) is 6. The van der Waals surface area contributed by atoms with Crippen LogP contribution in [0.1, 0.15) is 37.6 Å². The molecule has 1 aliphatic rings. The number of nitrogens with zero attached hydrogens (tertiary/aromatic N) is 3. The van der Waals surface area contributed by atoms with Gasteiger partial charge in [-0.05, 0) is 57.2 Å². The highest BCUT2D eigenvalue weighted by atomic mass is 19.1. The minimum atomic E-state index is -1.19. The van der Waals surface area contributed by atoms with Crippen molar-refractivity contribution in [3.05, 3.63) is 72.3 Å². The van der Waals surface area contributed by atoms with Gasteiger partial charge in [0.1, 0.15) is 23.4 Å². The van der Waals surface area contributed by atoms with Crippen LogP contribution in [0.15, 0.2) is 65.9 Å². The number of hydrogen-bond donors (Lipinski definition) is 1. The molecule has 1 aliphatic heterocycles. The highest BCUT2D eigenvalue weighted by Gasteiger charge is 2.46. The molecule has 0 radical (unpaired) electrons. The fraction of sp³-hybridized carbons (Fsp3) is 0.280. The summed E-state index contributed by atoms with van der Waals surface area (Å²) in [6.07, 6.45) is 1.29. The Hall–Kier alpha value is -4.05. The van der Waals surface area contributed by atoms with E-state index in [2.05, 4.69) is 4.99 Å². The second-order valence-corrected chi connectivity index (χ2v) is 8.89. The average Bonchev–Trinajstić information content (AvgIpc) is 3.22. The smallest absolute Gasteiger partial charge is 0.444 e. The number of rotatable bonds is 6. The largest absolute Gasteiger partial charge is 0.529 e. The van der Waals surface area contributed by atoms with E-state index < -0.39 is 34.1 Å². The number of aliphatic imine (C=N–C) groups is 1. The van der Waals surface area contributed by atoms with Gasteiger partial charge in [0.15, 0.2) is 5.69 Å². The van der Waals surface area contributed by atoms with Gasteiger partial charge in [0, 0.05) is 25.7 Å². The van der Waals surface area contributed by atoms with E-state index in [1.165, 1.54) is 53.7 Å². The third-order valence-corrected chi connectivity index (χ3v) is 5.13. The molecule has 0 aliphatic carbocycles. The zero-order valence-corrected chi connectivity index (χ0v) is 19.9. The second kappa shape index (κ2) is 10.1. The predicted octanol–water partition coefficient (Wildman–Crippen LogP) is 5.17. The molecule has 2 amide bonds. The maximum Gasteiger partial charge on any atom is 0.529 e. The molecule has 0 bridgehead atoms. The van der Waals surface area contributed by atoms with Crippen LogP contribution in [0, 0.1) is 5.82 Å². The minimum absolute atomic E-state index is 0.176. The van der Waals surface area contributed by atoms with Crippen LogP contribution in [0.5, 0.6) is 5.75 Å². The van der Waals surface area contributed by atoms with Crippen LogP contribution in [-0.4, -0.2) is 53.2 Å². The number of carbonyl (C=O) groups is 3. The minimum Gasteiger partial charge on any atom is -0.444 e. The number of ether oxygens (including phenoxy) is 2. The van der Waals surface area contributed by atoms with Gasteiger partial charge in [-0.1, -0.05) is 0 Å². The van der Waals surface area contributed by atoms with Gasteiger partial charge < -0.3 is 19.5 Å². The Morgan fingerprint density at radius 2 is 1.69 bits per heavy atom. The van der Waals surface area contributed by atoms with Crippen molar-refractivity contribution in [1.82, 2.24) is 9.38 Å². The molecule has 0 aromatic heterocycles. The van der Waals surface area contributed by atoms with Gasteiger partial charge in [-0.15, -0.1) is 4.48 Å². The first-order valence-electron chi connectivity index (χ1n) is 10.8. The first kappa shape index (κ1) is 25.6. The van der Waals surface area contributed by atoms with Gasteiger partial charge in [0.25, 0.3) is 0 Å². The summed E-state index contributed by atoms with van der Waals surface area (Å²) < 4.78 is 23.0. The molecule has 1 heterocycles. The number of quaternary nitrogens is 1. The molecule has 0 fully saturated rings. The number of amidine groups is 1. The van der Waals surface area contributed by atoms with Crippen molar-refractivity contribution in [3.8, 4) is 5.75 Å². The Bertz CT molecular complexity index is 1170. The van der Waals surface area contributed by atoms with Crippen molar-refractivity contribution in [1.29, 1.82) is 0 Å². The molecule has 0 spiro atoms. The number of halogens is 1. The molecular weight excluding hydrogens is 457 g/mol. The van der Waals surface area contributed by atoms with Crippen molar-refractivity contribution in [2.45, 2.75) is 32.8 Å². The average molecular weight is 485 g/mol. The third kappa shape index (κ3) is 5.90. The summed E-state index contributed by atoms with van der Waals surface area (Å²) in [5.41, 5.74) is -0.123. The topological polar surface area (TPSA) is 106 Å². The van der Waals surface area contributed by atoms with Crippen molar-refractivity contribution in [3.63, 3.8) is 0 Å². The zero-order chi connectivity index (χ0) is 25.8. The Labute approximate surface area is 202 Å².